The molecular formula is C11H14O2S2. The Hall–Kier alpha value is -0.220. The zero-order valence-electron chi connectivity index (χ0n) is 8.58. The van der Waals surface area contributed by atoms with Gasteiger partial charge < -0.3 is 0 Å². The Morgan fingerprint density at radius 1 is 0.800 bits per heavy atom. The summed E-state index contributed by atoms with van der Waals surface area (Å²) in [6.45, 7) is 0. The number of carbonyl (C=O) groups excluding carboxylic acids is 2. The van der Waals surface area contributed by atoms with Gasteiger partial charge in [0.15, 0.2) is 11.6 Å². The van der Waals surface area contributed by atoms with E-state index in [1.54, 1.807) is 23.5 Å². The second-order valence-electron chi connectivity index (χ2n) is 3.77. The number of ketones is 2. The van der Waals surface area contributed by atoms with Crippen LogP contribution >= 0.6 is 23.5 Å². The summed E-state index contributed by atoms with van der Waals surface area (Å²) < 4.78 is 1.00. The molecule has 15 heavy (non-hydrogen) atoms. The quantitative estimate of drug-likeness (QED) is 0.483. The predicted octanol–water partition coefficient (Wildman–Crippen LogP) is 2.78. The van der Waals surface area contributed by atoms with Crippen molar-refractivity contribution in [3.05, 3.63) is 9.81 Å². The normalized spacial score (nSPS) is 24.3. The summed E-state index contributed by atoms with van der Waals surface area (Å²) in [4.78, 5) is 23.4. The monoisotopic (exact) mass is 242 g/mol. The topological polar surface area (TPSA) is 34.1 Å². The van der Waals surface area contributed by atoms with Gasteiger partial charge in [0.05, 0.1) is 9.81 Å². The van der Waals surface area contributed by atoms with Crippen LogP contribution in [0, 0.1) is 0 Å². The number of thioether (sulfide) groups is 2. The lowest BCUT2D eigenvalue weighted by molar-refractivity contribution is -0.123. The summed E-state index contributed by atoms with van der Waals surface area (Å²) in [5, 5.41) is 0. The lowest BCUT2D eigenvalue weighted by Crippen LogP contribution is -2.19. The van der Waals surface area contributed by atoms with Gasteiger partial charge in [-0.25, -0.2) is 0 Å². The smallest absolute Gasteiger partial charge is 0.168 e. The molecule has 0 bridgehead atoms. The molecule has 2 aliphatic rings. The number of carbonyl (C=O) groups is 2. The number of hydrogen-bond acceptors (Lipinski definition) is 4. The van der Waals surface area contributed by atoms with Crippen LogP contribution in [0.3, 0.4) is 0 Å². The van der Waals surface area contributed by atoms with E-state index in [1.807, 2.05) is 0 Å². The van der Waals surface area contributed by atoms with Crippen molar-refractivity contribution in [1.82, 2.24) is 0 Å². The molecule has 2 fully saturated rings. The Kier molecular flexibility index (Phi) is 3.92. The van der Waals surface area contributed by atoms with E-state index in [9.17, 15) is 9.59 Å². The molecule has 2 nitrogen and oxygen atoms in total. The van der Waals surface area contributed by atoms with Crippen LogP contribution in [0.1, 0.15) is 32.1 Å². The molecule has 0 radical (unpaired) electrons. The van der Waals surface area contributed by atoms with E-state index in [2.05, 4.69) is 0 Å². The van der Waals surface area contributed by atoms with E-state index in [-0.39, 0.29) is 11.6 Å². The average molecular weight is 242 g/mol. The SMILES string of the molecule is O=C1CCCC(=O)C1=C1SCCCCS1. The molecule has 82 valence electrons. The number of allylic oxidation sites excluding steroid dienone is 1. The fourth-order valence-electron chi connectivity index (χ4n) is 1.76. The van der Waals surface area contributed by atoms with E-state index >= 15 is 0 Å². The first kappa shape index (κ1) is 11.3. The zero-order valence-corrected chi connectivity index (χ0v) is 10.2. The standard InChI is InChI=1S/C11H14O2S2/c12-8-4-3-5-9(13)10(8)11-14-6-1-2-7-15-11/h1-7H2. The molecular weight excluding hydrogens is 228 g/mol. The minimum absolute atomic E-state index is 0.0724. The molecule has 1 saturated carbocycles. The Labute approximate surface area is 98.3 Å². The summed E-state index contributed by atoms with van der Waals surface area (Å²) in [6.07, 6.45) is 4.24. The highest BCUT2D eigenvalue weighted by Gasteiger charge is 2.27. The summed E-state index contributed by atoms with van der Waals surface area (Å²) in [5.74, 6) is 2.24. The van der Waals surface area contributed by atoms with Crippen LogP contribution in [0.4, 0.5) is 0 Å². The number of hydrogen-bond donors (Lipinski definition) is 0. The second-order valence-corrected chi connectivity index (χ2v) is 6.24. The van der Waals surface area contributed by atoms with Gasteiger partial charge in [-0.3, -0.25) is 9.59 Å². The van der Waals surface area contributed by atoms with Gasteiger partial charge >= 0.3 is 0 Å². The predicted molar refractivity (Wildman–Crippen MR) is 65.0 cm³/mol. The number of Topliss-reactive ketones (excluding diaryl/α,β-unsaturated/α-hetero) is 2. The summed E-state index contributed by atoms with van der Waals surface area (Å²) >= 11 is 3.40. The van der Waals surface area contributed by atoms with Crippen molar-refractivity contribution in [3.8, 4) is 0 Å². The van der Waals surface area contributed by atoms with Gasteiger partial charge in [-0.05, 0) is 30.8 Å². The van der Waals surface area contributed by atoms with Gasteiger partial charge in [0, 0.05) is 12.8 Å². The zero-order chi connectivity index (χ0) is 10.7. The highest BCUT2D eigenvalue weighted by Crippen LogP contribution is 2.38. The summed E-state index contributed by atoms with van der Waals surface area (Å²) in [7, 11) is 0. The molecule has 1 saturated heterocycles. The van der Waals surface area contributed by atoms with Crippen LogP contribution in [0.5, 0.6) is 0 Å². The maximum atomic E-state index is 11.7. The van der Waals surface area contributed by atoms with Crippen LogP contribution in [0.2, 0.25) is 0 Å². The van der Waals surface area contributed by atoms with Crippen LogP contribution in [0.25, 0.3) is 0 Å². The molecule has 0 unspecified atom stereocenters. The molecule has 0 aromatic carbocycles. The van der Waals surface area contributed by atoms with Crippen LogP contribution < -0.4 is 0 Å². The summed E-state index contributed by atoms with van der Waals surface area (Å²) in [5.41, 5.74) is 0.526. The highest BCUT2D eigenvalue weighted by atomic mass is 32.2. The van der Waals surface area contributed by atoms with Crippen molar-refractivity contribution in [2.75, 3.05) is 11.5 Å². The van der Waals surface area contributed by atoms with Crippen LogP contribution in [-0.4, -0.2) is 23.1 Å². The molecule has 1 aliphatic carbocycles. The Morgan fingerprint density at radius 2 is 1.33 bits per heavy atom. The molecule has 4 heteroatoms. The second kappa shape index (κ2) is 5.21. The number of rotatable bonds is 0. The molecule has 0 spiro atoms. The minimum atomic E-state index is 0.0724. The molecule has 0 amide bonds. The third-order valence-corrected chi connectivity index (χ3v) is 5.20. The Morgan fingerprint density at radius 3 is 1.87 bits per heavy atom. The lowest BCUT2D eigenvalue weighted by Gasteiger charge is -2.15. The van der Waals surface area contributed by atoms with E-state index in [0.717, 1.165) is 22.2 Å². The van der Waals surface area contributed by atoms with Crippen LogP contribution in [-0.2, 0) is 9.59 Å². The van der Waals surface area contributed by atoms with E-state index in [0.29, 0.717) is 18.4 Å². The molecule has 0 aromatic heterocycles. The molecule has 1 aliphatic heterocycles. The van der Waals surface area contributed by atoms with Crippen molar-refractivity contribution < 1.29 is 9.59 Å². The third-order valence-electron chi connectivity index (χ3n) is 2.57. The van der Waals surface area contributed by atoms with Gasteiger partial charge in [0.2, 0.25) is 0 Å². The minimum Gasteiger partial charge on any atom is -0.294 e. The molecule has 0 atom stereocenters. The average Bonchev–Trinajstić information content (AvgIpc) is 2.46. The van der Waals surface area contributed by atoms with Gasteiger partial charge in [-0.1, -0.05) is 0 Å². The van der Waals surface area contributed by atoms with E-state index in [1.165, 1.54) is 12.8 Å². The molecule has 0 N–H and O–H groups in total. The van der Waals surface area contributed by atoms with Gasteiger partial charge in [-0.15, -0.1) is 23.5 Å². The molecule has 1 heterocycles. The maximum Gasteiger partial charge on any atom is 0.168 e. The van der Waals surface area contributed by atoms with Gasteiger partial charge in [0.25, 0.3) is 0 Å². The molecule has 0 aromatic rings. The highest BCUT2D eigenvalue weighted by molar-refractivity contribution is 8.22. The van der Waals surface area contributed by atoms with Crippen LogP contribution in [0.15, 0.2) is 9.81 Å². The lowest BCUT2D eigenvalue weighted by atomic mass is 9.94. The fraction of sp³-hybridized carbons (Fsp3) is 0.636. The summed E-state index contributed by atoms with van der Waals surface area (Å²) in [6, 6.07) is 0. The third kappa shape index (κ3) is 2.67. The Balaban J connectivity index is 2.25. The fourth-order valence-corrected chi connectivity index (χ4v) is 4.41. The van der Waals surface area contributed by atoms with Crippen molar-refractivity contribution >= 4 is 35.1 Å². The first-order valence-corrected chi connectivity index (χ1v) is 7.32. The largest absolute Gasteiger partial charge is 0.294 e. The van der Waals surface area contributed by atoms with Crippen molar-refractivity contribution in [2.24, 2.45) is 0 Å². The van der Waals surface area contributed by atoms with E-state index < -0.39 is 0 Å². The van der Waals surface area contributed by atoms with Crippen molar-refractivity contribution in [1.29, 1.82) is 0 Å². The first-order valence-electron chi connectivity index (χ1n) is 5.35. The van der Waals surface area contributed by atoms with E-state index in [4.69, 9.17) is 0 Å². The van der Waals surface area contributed by atoms with Gasteiger partial charge in [0.1, 0.15) is 0 Å². The Bertz CT molecular complexity index is 293. The first-order chi connectivity index (χ1) is 7.29. The maximum absolute atomic E-state index is 11.7. The van der Waals surface area contributed by atoms with Crippen molar-refractivity contribution in [2.45, 2.75) is 32.1 Å². The molecule has 2 rings (SSSR count). The van der Waals surface area contributed by atoms with Gasteiger partial charge in [-0.2, -0.15) is 0 Å². The van der Waals surface area contributed by atoms with Crippen molar-refractivity contribution in [3.63, 3.8) is 0 Å².